The van der Waals surface area contributed by atoms with Crippen molar-refractivity contribution in [2.24, 2.45) is 0 Å². The molecule has 0 aromatic heterocycles. The number of hydrogen-bond donors (Lipinski definition) is 0. The van der Waals surface area contributed by atoms with Crippen LogP contribution in [0.3, 0.4) is 0 Å². The van der Waals surface area contributed by atoms with Crippen molar-refractivity contribution < 1.29 is 17.3 Å². The average molecular weight is 224 g/mol. The van der Waals surface area contributed by atoms with Gasteiger partial charge in [-0.05, 0) is 0 Å². The van der Waals surface area contributed by atoms with E-state index in [2.05, 4.69) is 12.5 Å². The summed E-state index contributed by atoms with van der Waals surface area (Å²) in [5, 5.41) is 0. The van der Waals surface area contributed by atoms with Crippen LogP contribution in [-0.4, -0.2) is 12.5 Å². The Hall–Kier alpha value is 1.81. The number of hydrogen-bond acceptors (Lipinski definition) is 0. The van der Waals surface area contributed by atoms with Crippen LogP contribution in [0.4, 0.5) is 0 Å². The maximum atomic E-state index is 5.59. The van der Waals surface area contributed by atoms with Crippen LogP contribution in [-0.2, 0) is 17.3 Å². The van der Waals surface area contributed by atoms with Gasteiger partial charge in [-0.15, -0.1) is 0 Å². The zero-order valence-electron chi connectivity index (χ0n) is 3.66. The van der Waals surface area contributed by atoms with E-state index < -0.39 is 17.3 Å². The Bertz CT molecular complexity index is 61.6. The second kappa shape index (κ2) is 3.77. The first-order chi connectivity index (χ1) is 2.64. The van der Waals surface area contributed by atoms with Crippen LogP contribution in [0.5, 0.6) is 0 Å². The van der Waals surface area contributed by atoms with E-state index >= 15 is 0 Å². The van der Waals surface area contributed by atoms with Crippen LogP contribution < -0.4 is 0 Å². The summed E-state index contributed by atoms with van der Waals surface area (Å²) < 4.78 is 0. The molecule has 0 spiro atoms. The molecular formula is C2H6Cl2SZr. The van der Waals surface area contributed by atoms with E-state index in [1.165, 1.54) is 0 Å². The minimum atomic E-state index is -1.73. The molecule has 0 aromatic carbocycles. The van der Waals surface area contributed by atoms with Crippen LogP contribution in [0.1, 0.15) is 0 Å². The van der Waals surface area contributed by atoms with E-state index in [1.807, 2.05) is 0 Å². The van der Waals surface area contributed by atoms with E-state index in [0.29, 0.717) is 7.12 Å². The second-order valence-corrected chi connectivity index (χ2v) is 20.5. The van der Waals surface area contributed by atoms with Crippen molar-refractivity contribution in [1.82, 2.24) is 0 Å². The Morgan fingerprint density at radius 1 is 1.33 bits per heavy atom. The average Bonchev–Trinajstić information content (AvgIpc) is 1.36. The van der Waals surface area contributed by atoms with Crippen molar-refractivity contribution in [3.63, 3.8) is 0 Å². The fraction of sp³-hybridized carbons (Fsp3) is 1.00. The van der Waals surface area contributed by atoms with Gasteiger partial charge in [-0.25, -0.2) is 0 Å². The third-order valence-corrected chi connectivity index (χ3v) is 16.4. The van der Waals surface area contributed by atoms with Gasteiger partial charge < -0.3 is 0 Å². The molecule has 6 heavy (non-hydrogen) atoms. The Kier molecular flexibility index (Phi) is 4.91. The van der Waals surface area contributed by atoms with Gasteiger partial charge in [-0.3, -0.25) is 0 Å². The molecule has 0 aliphatic carbocycles. The SMILES string of the molecule is C[S](C)=[Zr]([Cl])[Cl]. The predicted octanol–water partition coefficient (Wildman–Crippen LogP) is 2.36. The Balaban J connectivity index is 3.68. The molecule has 0 bridgehead atoms. The topological polar surface area (TPSA) is 0 Å². The Labute approximate surface area is 53.5 Å². The van der Waals surface area contributed by atoms with Crippen molar-refractivity contribution in [3.8, 4) is 0 Å². The molecule has 4 heteroatoms. The van der Waals surface area contributed by atoms with Crippen molar-refractivity contribution in [2.45, 2.75) is 0 Å². The first kappa shape index (κ1) is 7.81. The van der Waals surface area contributed by atoms with Gasteiger partial charge in [0.2, 0.25) is 0 Å². The monoisotopic (exact) mass is 222 g/mol. The van der Waals surface area contributed by atoms with Gasteiger partial charge >= 0.3 is 54.0 Å². The van der Waals surface area contributed by atoms with Crippen LogP contribution in [0.2, 0.25) is 0 Å². The standard InChI is InChI=1S/C2H6S.2ClH.Zr/c1-3-2;;;/h1-2H3;2*1H;/q;;;+2/p-2. The quantitative estimate of drug-likeness (QED) is 0.592. The van der Waals surface area contributed by atoms with Gasteiger partial charge in [-0.1, -0.05) is 0 Å². The maximum absolute atomic E-state index is 5.59. The predicted molar refractivity (Wildman–Crippen MR) is 31.1 cm³/mol. The molecule has 0 atom stereocenters. The zero-order valence-corrected chi connectivity index (χ0v) is 8.45. The minimum absolute atomic E-state index is 0.360. The van der Waals surface area contributed by atoms with Gasteiger partial charge in [0, 0.05) is 0 Å². The molecule has 0 N–H and O–H groups in total. The van der Waals surface area contributed by atoms with Gasteiger partial charge in [-0.2, -0.15) is 0 Å². The van der Waals surface area contributed by atoms with Crippen molar-refractivity contribution in [1.29, 1.82) is 0 Å². The van der Waals surface area contributed by atoms with Crippen molar-refractivity contribution in [3.05, 3.63) is 0 Å². The molecule has 0 aliphatic rings. The summed E-state index contributed by atoms with van der Waals surface area (Å²) in [5.74, 6) is 0. The third kappa shape index (κ3) is 3.99. The van der Waals surface area contributed by atoms with E-state index in [4.69, 9.17) is 17.0 Å². The molecule has 0 radical (unpaired) electrons. The van der Waals surface area contributed by atoms with Gasteiger partial charge in [0.05, 0.1) is 0 Å². The van der Waals surface area contributed by atoms with E-state index in [1.54, 1.807) is 0 Å². The molecule has 0 saturated heterocycles. The third-order valence-electron chi connectivity index (χ3n) is 0.309. The summed E-state index contributed by atoms with van der Waals surface area (Å²) in [4.78, 5) is 0. The molecular weight excluding hydrogens is 218 g/mol. The summed E-state index contributed by atoms with van der Waals surface area (Å²) in [7, 11) is 11.5. The summed E-state index contributed by atoms with van der Waals surface area (Å²) in [5.41, 5.74) is 0. The normalized spacial score (nSPS) is 9.50. The fourth-order valence-electron chi connectivity index (χ4n) is 0. The van der Waals surface area contributed by atoms with E-state index in [9.17, 15) is 0 Å². The summed E-state index contributed by atoms with van der Waals surface area (Å²) in [6, 6.07) is 0. The molecule has 0 unspecified atom stereocenters. The van der Waals surface area contributed by atoms with E-state index in [0.717, 1.165) is 0 Å². The molecule has 0 amide bonds. The Morgan fingerprint density at radius 3 is 1.50 bits per heavy atom. The molecule has 0 fully saturated rings. The van der Waals surface area contributed by atoms with Crippen LogP contribution in [0.25, 0.3) is 0 Å². The van der Waals surface area contributed by atoms with Crippen LogP contribution >= 0.6 is 24.1 Å². The molecule has 0 aliphatic heterocycles. The zero-order chi connectivity index (χ0) is 5.15. The number of halogens is 2. The molecule has 0 saturated carbocycles. The summed E-state index contributed by atoms with van der Waals surface area (Å²) in [6.45, 7) is 0. The summed E-state index contributed by atoms with van der Waals surface area (Å²) in [6.07, 6.45) is 4.18. The first-order valence-electron chi connectivity index (χ1n) is 1.40. The molecule has 0 heterocycles. The first-order valence-corrected chi connectivity index (χ1v) is 12.8. The van der Waals surface area contributed by atoms with Gasteiger partial charge in [0.1, 0.15) is 0 Å². The Morgan fingerprint density at radius 2 is 1.50 bits per heavy atom. The van der Waals surface area contributed by atoms with Gasteiger partial charge in [0.25, 0.3) is 0 Å². The second-order valence-electron chi connectivity index (χ2n) is 1.04. The van der Waals surface area contributed by atoms with Crippen LogP contribution in [0, 0.1) is 0 Å². The summed E-state index contributed by atoms with van der Waals surface area (Å²) >= 11 is -1.73. The molecule has 0 rings (SSSR count). The fourth-order valence-corrected chi connectivity index (χ4v) is 0. The number of rotatable bonds is 0. The molecule has 0 nitrogen and oxygen atoms in total. The van der Waals surface area contributed by atoms with Crippen molar-refractivity contribution >= 4 is 24.1 Å². The van der Waals surface area contributed by atoms with Crippen molar-refractivity contribution in [2.75, 3.05) is 12.5 Å². The van der Waals surface area contributed by atoms with E-state index in [-0.39, 0.29) is 0 Å². The molecule has 0 aromatic rings. The molecule has 38 valence electrons. The van der Waals surface area contributed by atoms with Crippen LogP contribution in [0.15, 0.2) is 0 Å². The van der Waals surface area contributed by atoms with Gasteiger partial charge in [0.15, 0.2) is 0 Å².